The van der Waals surface area contributed by atoms with Crippen molar-refractivity contribution in [1.29, 1.82) is 0 Å². The Morgan fingerprint density at radius 2 is 1.45 bits per heavy atom. The van der Waals surface area contributed by atoms with Gasteiger partial charge in [-0.05, 0) is 19.3 Å². The quantitative estimate of drug-likeness (QED) is 0.374. The minimum Gasteiger partial charge on any atom is -0.274 e. The van der Waals surface area contributed by atoms with Crippen LogP contribution in [0.15, 0.2) is 10.5 Å². The topological polar surface area (TPSA) is 37.4 Å². The number of thiol groups is 1. The molecule has 0 aromatic carbocycles. The van der Waals surface area contributed by atoms with Crippen molar-refractivity contribution in [3.05, 3.63) is 10.5 Å². The maximum absolute atomic E-state index is 12.3. The molecular formula is C16H27NO2S. The molecule has 20 heavy (non-hydrogen) atoms. The van der Waals surface area contributed by atoms with Crippen LogP contribution in [0.4, 0.5) is 0 Å². The number of unbranched alkanes of at least 4 members (excludes halogenated alkanes) is 6. The third-order valence-electron chi connectivity index (χ3n) is 3.75. The Balaban J connectivity index is 2.47. The van der Waals surface area contributed by atoms with E-state index in [2.05, 4.69) is 26.5 Å². The molecule has 0 saturated heterocycles. The molecule has 2 amide bonds. The first-order chi connectivity index (χ1) is 9.63. The summed E-state index contributed by atoms with van der Waals surface area (Å²) in [6.07, 6.45) is 9.39. The van der Waals surface area contributed by atoms with Gasteiger partial charge in [0.15, 0.2) is 0 Å². The van der Waals surface area contributed by atoms with Crippen molar-refractivity contribution in [2.24, 2.45) is 0 Å². The maximum atomic E-state index is 12.3. The van der Waals surface area contributed by atoms with E-state index < -0.39 is 0 Å². The molecule has 1 rings (SSSR count). The van der Waals surface area contributed by atoms with E-state index >= 15 is 0 Å². The molecule has 114 valence electrons. The fraction of sp³-hybridized carbons (Fsp3) is 0.750. The number of imide groups is 1. The van der Waals surface area contributed by atoms with E-state index in [1.54, 1.807) is 0 Å². The number of amides is 2. The lowest BCUT2D eigenvalue weighted by Gasteiger charge is -2.14. The van der Waals surface area contributed by atoms with Crippen LogP contribution in [0.1, 0.15) is 71.6 Å². The molecule has 0 aromatic heterocycles. The highest BCUT2D eigenvalue weighted by molar-refractivity contribution is 7.85. The van der Waals surface area contributed by atoms with Gasteiger partial charge in [-0.1, -0.05) is 52.4 Å². The van der Waals surface area contributed by atoms with Crippen LogP contribution < -0.4 is 0 Å². The molecule has 0 fully saturated rings. The van der Waals surface area contributed by atoms with Crippen molar-refractivity contribution in [3.63, 3.8) is 0 Å². The summed E-state index contributed by atoms with van der Waals surface area (Å²) in [5, 5.41) is 0. The summed E-state index contributed by atoms with van der Waals surface area (Å²) in [6.45, 7) is 4.85. The standard InChI is InChI=1S/C16H27NO2S/c1-3-5-7-9-11-13-14(20)16(19)17(15(13)18)12-10-8-6-4-2/h20H,3-12H2,1-2H3. The lowest BCUT2D eigenvalue weighted by molar-refractivity contribution is -0.137. The molecular weight excluding hydrogens is 270 g/mol. The average Bonchev–Trinajstić information content (AvgIpc) is 2.64. The normalized spacial score (nSPS) is 15.7. The third-order valence-corrected chi connectivity index (χ3v) is 4.21. The van der Waals surface area contributed by atoms with Gasteiger partial charge in [0.05, 0.1) is 4.91 Å². The predicted molar refractivity (Wildman–Crippen MR) is 85.6 cm³/mol. The van der Waals surface area contributed by atoms with Crippen LogP contribution in [0.5, 0.6) is 0 Å². The Morgan fingerprint density at radius 3 is 2.05 bits per heavy atom. The smallest absolute Gasteiger partial charge is 0.267 e. The monoisotopic (exact) mass is 297 g/mol. The fourth-order valence-corrected chi connectivity index (χ4v) is 2.80. The first-order valence-electron chi connectivity index (χ1n) is 7.91. The second kappa shape index (κ2) is 9.22. The molecule has 0 spiro atoms. The van der Waals surface area contributed by atoms with Crippen LogP contribution in [-0.2, 0) is 9.59 Å². The van der Waals surface area contributed by atoms with Gasteiger partial charge < -0.3 is 0 Å². The Labute approximate surface area is 128 Å². The second-order valence-corrected chi connectivity index (χ2v) is 5.91. The first-order valence-corrected chi connectivity index (χ1v) is 8.36. The lowest BCUT2D eigenvalue weighted by Crippen LogP contribution is -2.32. The highest BCUT2D eigenvalue weighted by Gasteiger charge is 2.35. The van der Waals surface area contributed by atoms with Crippen molar-refractivity contribution >= 4 is 24.4 Å². The molecule has 0 atom stereocenters. The van der Waals surface area contributed by atoms with E-state index in [1.165, 1.54) is 17.7 Å². The number of rotatable bonds is 10. The number of hydrogen-bond donors (Lipinski definition) is 1. The second-order valence-electron chi connectivity index (χ2n) is 5.46. The summed E-state index contributed by atoms with van der Waals surface area (Å²) in [6, 6.07) is 0. The molecule has 0 radical (unpaired) electrons. The van der Waals surface area contributed by atoms with Crippen LogP contribution in [0.2, 0.25) is 0 Å². The van der Waals surface area contributed by atoms with Gasteiger partial charge in [0, 0.05) is 12.1 Å². The molecule has 0 unspecified atom stereocenters. The van der Waals surface area contributed by atoms with Gasteiger partial charge in [0.2, 0.25) is 0 Å². The molecule has 0 N–H and O–H groups in total. The number of carbonyl (C=O) groups excluding carboxylic acids is 2. The Hall–Kier alpha value is -0.770. The predicted octanol–water partition coefficient (Wildman–Crippen LogP) is 4.09. The highest BCUT2D eigenvalue weighted by atomic mass is 32.1. The van der Waals surface area contributed by atoms with Crippen molar-refractivity contribution < 1.29 is 9.59 Å². The van der Waals surface area contributed by atoms with E-state index in [1.807, 2.05) is 0 Å². The van der Waals surface area contributed by atoms with E-state index in [4.69, 9.17) is 0 Å². The Bertz CT molecular complexity index is 377. The van der Waals surface area contributed by atoms with E-state index in [0.717, 1.165) is 38.5 Å². The fourth-order valence-electron chi connectivity index (χ4n) is 2.47. The summed E-state index contributed by atoms with van der Waals surface area (Å²) in [5.74, 6) is -0.298. The van der Waals surface area contributed by atoms with E-state index in [-0.39, 0.29) is 11.8 Å². The van der Waals surface area contributed by atoms with Gasteiger partial charge in [0.1, 0.15) is 0 Å². The van der Waals surface area contributed by atoms with Crippen molar-refractivity contribution in [3.8, 4) is 0 Å². The van der Waals surface area contributed by atoms with Crippen LogP contribution in [0.3, 0.4) is 0 Å². The molecule has 0 bridgehead atoms. The van der Waals surface area contributed by atoms with Gasteiger partial charge in [0.25, 0.3) is 11.8 Å². The molecule has 3 nitrogen and oxygen atoms in total. The minimum atomic E-state index is -0.194. The molecule has 1 aliphatic heterocycles. The summed E-state index contributed by atoms with van der Waals surface area (Å²) < 4.78 is 0. The van der Waals surface area contributed by atoms with E-state index in [9.17, 15) is 9.59 Å². The zero-order valence-corrected chi connectivity index (χ0v) is 13.7. The van der Waals surface area contributed by atoms with E-state index in [0.29, 0.717) is 23.4 Å². The molecule has 4 heteroatoms. The van der Waals surface area contributed by atoms with Gasteiger partial charge in [-0.3, -0.25) is 14.5 Å². The maximum Gasteiger partial charge on any atom is 0.267 e. The molecule has 0 aliphatic carbocycles. The summed E-state index contributed by atoms with van der Waals surface area (Å²) in [7, 11) is 0. The number of nitrogens with zero attached hydrogens (tertiary/aromatic N) is 1. The largest absolute Gasteiger partial charge is 0.274 e. The molecule has 0 aromatic rings. The number of hydrogen-bond acceptors (Lipinski definition) is 3. The van der Waals surface area contributed by atoms with Crippen LogP contribution >= 0.6 is 12.6 Å². The summed E-state index contributed by atoms with van der Waals surface area (Å²) in [5.41, 5.74) is 0.630. The average molecular weight is 297 g/mol. The van der Waals surface area contributed by atoms with Crippen LogP contribution in [0.25, 0.3) is 0 Å². The third kappa shape index (κ3) is 4.65. The lowest BCUT2D eigenvalue weighted by atomic mass is 10.1. The zero-order chi connectivity index (χ0) is 15.0. The van der Waals surface area contributed by atoms with Gasteiger partial charge in [-0.2, -0.15) is 0 Å². The zero-order valence-electron chi connectivity index (χ0n) is 12.8. The summed E-state index contributed by atoms with van der Waals surface area (Å²) >= 11 is 4.26. The van der Waals surface area contributed by atoms with Crippen LogP contribution in [0, 0.1) is 0 Å². The van der Waals surface area contributed by atoms with Crippen molar-refractivity contribution in [2.45, 2.75) is 71.6 Å². The van der Waals surface area contributed by atoms with Crippen LogP contribution in [-0.4, -0.2) is 23.3 Å². The summed E-state index contributed by atoms with van der Waals surface area (Å²) in [4.78, 5) is 26.1. The van der Waals surface area contributed by atoms with Gasteiger partial charge in [-0.15, -0.1) is 12.6 Å². The SMILES string of the molecule is CCCCCCC1=C(S)C(=O)N(CCCCCC)C1=O. The highest BCUT2D eigenvalue weighted by Crippen LogP contribution is 2.28. The minimum absolute atomic E-state index is 0.104. The Kier molecular flexibility index (Phi) is 7.97. The molecule has 0 saturated carbocycles. The Morgan fingerprint density at radius 1 is 0.850 bits per heavy atom. The van der Waals surface area contributed by atoms with Crippen molar-refractivity contribution in [2.75, 3.05) is 6.54 Å². The molecule has 1 heterocycles. The number of carbonyl (C=O) groups is 2. The molecule has 1 aliphatic rings. The van der Waals surface area contributed by atoms with Gasteiger partial charge >= 0.3 is 0 Å². The van der Waals surface area contributed by atoms with Gasteiger partial charge in [-0.25, -0.2) is 0 Å². The van der Waals surface area contributed by atoms with Crippen molar-refractivity contribution in [1.82, 2.24) is 4.90 Å². The first kappa shape index (κ1) is 17.3.